The van der Waals surface area contributed by atoms with Crippen LogP contribution in [-0.4, -0.2) is 32.2 Å². The van der Waals surface area contributed by atoms with Gasteiger partial charge in [0.05, 0.1) is 6.10 Å². The molecule has 0 radical (unpaired) electrons. The fourth-order valence-electron chi connectivity index (χ4n) is 4.20. The van der Waals surface area contributed by atoms with Crippen LogP contribution in [0.15, 0.2) is 59.6 Å². The van der Waals surface area contributed by atoms with Gasteiger partial charge in [0.1, 0.15) is 0 Å². The summed E-state index contributed by atoms with van der Waals surface area (Å²) in [4.78, 5) is 7.38. The molecular formula is C23H29N3O. The summed E-state index contributed by atoms with van der Waals surface area (Å²) in [6.45, 7) is 5.64. The minimum atomic E-state index is 0.150. The molecule has 0 aromatic heterocycles. The summed E-state index contributed by atoms with van der Waals surface area (Å²) < 4.78 is 6.15. The zero-order valence-corrected chi connectivity index (χ0v) is 16.1. The Labute approximate surface area is 162 Å². The zero-order chi connectivity index (χ0) is 18.5. The van der Waals surface area contributed by atoms with Crippen LogP contribution in [0.1, 0.15) is 37.0 Å². The monoisotopic (exact) mass is 363 g/mol. The Morgan fingerprint density at radius 1 is 1.15 bits per heavy atom. The molecule has 4 rings (SSSR count). The van der Waals surface area contributed by atoms with Gasteiger partial charge in [0.15, 0.2) is 5.96 Å². The molecule has 2 heterocycles. The molecule has 142 valence electrons. The first kappa shape index (κ1) is 18.1. The molecule has 2 unspecified atom stereocenters. The van der Waals surface area contributed by atoms with E-state index in [0.29, 0.717) is 5.92 Å². The number of rotatable bonds is 4. The first-order chi connectivity index (χ1) is 13.4. The molecule has 0 saturated carbocycles. The number of hydrogen-bond acceptors (Lipinski definition) is 2. The molecule has 2 atom stereocenters. The smallest absolute Gasteiger partial charge is 0.198 e. The van der Waals surface area contributed by atoms with E-state index in [1.165, 1.54) is 23.2 Å². The standard InChI is InChI=1S/C23H29N3O/c1-2-24-23(26-15-14-18-9-6-7-13-21(18)26)25-17-20-12-8-16-27-22(20)19-10-4-3-5-11-19/h3-7,9-11,13,20,22H,2,8,12,14-17H2,1H3,(H,24,25). The topological polar surface area (TPSA) is 36.9 Å². The van der Waals surface area contributed by atoms with Crippen molar-refractivity contribution in [2.24, 2.45) is 10.9 Å². The van der Waals surface area contributed by atoms with Gasteiger partial charge in [-0.25, -0.2) is 0 Å². The lowest BCUT2D eigenvalue weighted by Gasteiger charge is -2.32. The second kappa shape index (κ2) is 8.57. The predicted octanol–water partition coefficient (Wildman–Crippen LogP) is 4.18. The third-order valence-electron chi connectivity index (χ3n) is 5.53. The van der Waals surface area contributed by atoms with E-state index in [2.05, 4.69) is 71.7 Å². The van der Waals surface area contributed by atoms with Gasteiger partial charge in [-0.2, -0.15) is 0 Å². The van der Waals surface area contributed by atoms with Gasteiger partial charge >= 0.3 is 0 Å². The molecular weight excluding hydrogens is 334 g/mol. The minimum Gasteiger partial charge on any atom is -0.373 e. The van der Waals surface area contributed by atoms with Crippen LogP contribution in [-0.2, 0) is 11.2 Å². The summed E-state index contributed by atoms with van der Waals surface area (Å²) in [7, 11) is 0. The van der Waals surface area contributed by atoms with Crippen LogP contribution in [0.2, 0.25) is 0 Å². The average Bonchev–Trinajstić information content (AvgIpc) is 3.16. The highest BCUT2D eigenvalue weighted by atomic mass is 16.5. The summed E-state index contributed by atoms with van der Waals surface area (Å²) in [6, 6.07) is 19.3. The molecule has 0 aliphatic carbocycles. The Balaban J connectivity index is 1.53. The van der Waals surface area contributed by atoms with Crippen LogP contribution in [0.4, 0.5) is 5.69 Å². The lowest BCUT2D eigenvalue weighted by atomic mass is 9.89. The van der Waals surface area contributed by atoms with Crippen molar-refractivity contribution < 1.29 is 4.74 Å². The number of benzene rings is 2. The van der Waals surface area contributed by atoms with Crippen LogP contribution in [0.25, 0.3) is 0 Å². The summed E-state index contributed by atoms with van der Waals surface area (Å²) in [6.07, 6.45) is 3.52. The van der Waals surface area contributed by atoms with E-state index >= 15 is 0 Å². The highest BCUT2D eigenvalue weighted by Gasteiger charge is 2.28. The molecule has 4 nitrogen and oxygen atoms in total. The number of guanidine groups is 1. The Bertz CT molecular complexity index is 774. The van der Waals surface area contributed by atoms with Crippen molar-refractivity contribution in [2.45, 2.75) is 32.3 Å². The van der Waals surface area contributed by atoms with Gasteiger partial charge in [-0.15, -0.1) is 0 Å². The average molecular weight is 364 g/mol. The van der Waals surface area contributed by atoms with Crippen molar-refractivity contribution in [1.29, 1.82) is 0 Å². The van der Waals surface area contributed by atoms with E-state index in [-0.39, 0.29) is 6.10 Å². The molecule has 1 saturated heterocycles. The van der Waals surface area contributed by atoms with Gasteiger partial charge in [-0.1, -0.05) is 48.5 Å². The first-order valence-electron chi connectivity index (χ1n) is 10.2. The molecule has 4 heteroatoms. The van der Waals surface area contributed by atoms with Gasteiger partial charge in [-0.05, 0) is 43.4 Å². The lowest BCUT2D eigenvalue weighted by Crippen LogP contribution is -2.41. The second-order valence-electron chi connectivity index (χ2n) is 7.33. The Morgan fingerprint density at radius 2 is 1.96 bits per heavy atom. The summed E-state index contributed by atoms with van der Waals surface area (Å²) in [5.74, 6) is 1.42. The van der Waals surface area contributed by atoms with Crippen LogP contribution >= 0.6 is 0 Å². The maximum Gasteiger partial charge on any atom is 0.198 e. The van der Waals surface area contributed by atoms with Crippen molar-refractivity contribution in [2.75, 3.05) is 31.1 Å². The van der Waals surface area contributed by atoms with Gasteiger partial charge in [0.25, 0.3) is 0 Å². The van der Waals surface area contributed by atoms with Crippen molar-refractivity contribution in [3.63, 3.8) is 0 Å². The first-order valence-corrected chi connectivity index (χ1v) is 10.2. The van der Waals surface area contributed by atoms with Crippen LogP contribution in [0, 0.1) is 5.92 Å². The van der Waals surface area contributed by atoms with Crippen LogP contribution in [0.3, 0.4) is 0 Å². The molecule has 0 bridgehead atoms. The summed E-state index contributed by atoms with van der Waals surface area (Å²) >= 11 is 0. The number of nitrogens with zero attached hydrogens (tertiary/aromatic N) is 2. The molecule has 27 heavy (non-hydrogen) atoms. The molecule has 2 aromatic rings. The number of aliphatic imine (C=N–C) groups is 1. The second-order valence-corrected chi connectivity index (χ2v) is 7.33. The fourth-order valence-corrected chi connectivity index (χ4v) is 4.20. The van der Waals surface area contributed by atoms with E-state index in [4.69, 9.17) is 9.73 Å². The Morgan fingerprint density at radius 3 is 2.81 bits per heavy atom. The van der Waals surface area contributed by atoms with E-state index in [9.17, 15) is 0 Å². The van der Waals surface area contributed by atoms with Crippen molar-refractivity contribution in [3.8, 4) is 0 Å². The molecule has 1 N–H and O–H groups in total. The SMILES string of the molecule is CCNC(=NCC1CCCOC1c1ccccc1)N1CCc2ccccc21. The maximum atomic E-state index is 6.15. The number of hydrogen-bond donors (Lipinski definition) is 1. The number of anilines is 1. The zero-order valence-electron chi connectivity index (χ0n) is 16.1. The number of para-hydroxylation sites is 1. The van der Waals surface area contributed by atoms with Gasteiger partial charge in [-0.3, -0.25) is 4.99 Å². The number of ether oxygens (including phenoxy) is 1. The molecule has 2 aliphatic heterocycles. The normalized spacial score (nSPS) is 22.6. The molecule has 1 fully saturated rings. The third kappa shape index (κ3) is 4.01. The van der Waals surface area contributed by atoms with E-state index < -0.39 is 0 Å². The summed E-state index contributed by atoms with van der Waals surface area (Å²) in [5, 5.41) is 3.49. The fraction of sp³-hybridized carbons (Fsp3) is 0.435. The largest absolute Gasteiger partial charge is 0.373 e. The molecule has 0 amide bonds. The lowest BCUT2D eigenvalue weighted by molar-refractivity contribution is -0.0250. The molecule has 2 aliphatic rings. The van der Waals surface area contributed by atoms with E-state index in [1.807, 2.05) is 0 Å². The van der Waals surface area contributed by atoms with Crippen molar-refractivity contribution in [3.05, 3.63) is 65.7 Å². The highest BCUT2D eigenvalue weighted by Crippen LogP contribution is 2.34. The predicted molar refractivity (Wildman–Crippen MR) is 111 cm³/mol. The van der Waals surface area contributed by atoms with Crippen LogP contribution in [0.5, 0.6) is 0 Å². The molecule has 2 aromatic carbocycles. The maximum absolute atomic E-state index is 6.15. The minimum absolute atomic E-state index is 0.150. The van der Waals surface area contributed by atoms with Gasteiger partial charge in [0.2, 0.25) is 0 Å². The Hall–Kier alpha value is -2.33. The molecule has 0 spiro atoms. The number of nitrogens with one attached hydrogen (secondary N) is 1. The van der Waals surface area contributed by atoms with Crippen molar-refractivity contribution >= 4 is 11.6 Å². The van der Waals surface area contributed by atoms with E-state index in [0.717, 1.165) is 45.0 Å². The third-order valence-corrected chi connectivity index (χ3v) is 5.53. The Kier molecular flexibility index (Phi) is 5.73. The van der Waals surface area contributed by atoms with Crippen molar-refractivity contribution in [1.82, 2.24) is 5.32 Å². The summed E-state index contributed by atoms with van der Waals surface area (Å²) in [5.41, 5.74) is 3.97. The van der Waals surface area contributed by atoms with E-state index in [1.54, 1.807) is 0 Å². The van der Waals surface area contributed by atoms with Crippen LogP contribution < -0.4 is 10.2 Å². The number of fused-ring (bicyclic) bond motifs is 1. The quantitative estimate of drug-likeness (QED) is 0.654. The highest BCUT2D eigenvalue weighted by molar-refractivity contribution is 5.97. The van der Waals surface area contributed by atoms with Gasteiger partial charge in [0, 0.05) is 37.8 Å². The van der Waals surface area contributed by atoms with Gasteiger partial charge < -0.3 is 15.0 Å².